The van der Waals surface area contributed by atoms with E-state index in [2.05, 4.69) is 5.16 Å². The van der Waals surface area contributed by atoms with Crippen molar-refractivity contribution in [3.63, 3.8) is 0 Å². The second kappa shape index (κ2) is 6.01. The van der Waals surface area contributed by atoms with E-state index in [1.54, 1.807) is 12.1 Å². The van der Waals surface area contributed by atoms with Gasteiger partial charge in [0.15, 0.2) is 0 Å². The van der Waals surface area contributed by atoms with Crippen molar-refractivity contribution in [3.05, 3.63) is 47.9 Å². The van der Waals surface area contributed by atoms with Crippen LogP contribution in [0.25, 0.3) is 0 Å². The Balaban J connectivity index is 2.26. The predicted molar refractivity (Wildman–Crippen MR) is 71.6 cm³/mol. The minimum Gasteiger partial charge on any atom is -0.481 e. The monoisotopic (exact) mass is 274 g/mol. The van der Waals surface area contributed by atoms with Gasteiger partial charge in [-0.25, -0.2) is 0 Å². The van der Waals surface area contributed by atoms with Gasteiger partial charge in [-0.05, 0) is 19.1 Å². The first-order valence-electron chi connectivity index (χ1n) is 6.09. The number of carboxylic acids is 1. The highest BCUT2D eigenvalue weighted by Gasteiger charge is 2.21. The lowest BCUT2D eigenvalue weighted by molar-refractivity contribution is -0.136. The lowest BCUT2D eigenvalue weighted by Gasteiger charge is -2.20. The Hall–Kier alpha value is -2.63. The molecular formula is C14H14N2O4. The van der Waals surface area contributed by atoms with Gasteiger partial charge >= 0.3 is 5.97 Å². The van der Waals surface area contributed by atoms with Crippen LogP contribution in [0.15, 0.2) is 41.1 Å². The number of carbonyl (C=O) groups is 2. The van der Waals surface area contributed by atoms with Gasteiger partial charge in [0.25, 0.3) is 5.91 Å². The van der Waals surface area contributed by atoms with Gasteiger partial charge in [0.05, 0.1) is 12.6 Å². The highest BCUT2D eigenvalue weighted by Crippen LogP contribution is 2.18. The van der Waals surface area contributed by atoms with Crippen LogP contribution in [0, 0.1) is 6.92 Å². The summed E-state index contributed by atoms with van der Waals surface area (Å²) in [6, 6.07) is 8.70. The molecule has 0 aliphatic heterocycles. The molecule has 2 aromatic rings. The van der Waals surface area contributed by atoms with Crippen LogP contribution in [0.3, 0.4) is 0 Å². The van der Waals surface area contributed by atoms with Crippen molar-refractivity contribution in [2.45, 2.75) is 13.3 Å². The van der Waals surface area contributed by atoms with E-state index in [1.165, 1.54) is 17.2 Å². The summed E-state index contributed by atoms with van der Waals surface area (Å²) in [4.78, 5) is 24.4. The van der Waals surface area contributed by atoms with Crippen LogP contribution in [0.4, 0.5) is 5.69 Å². The molecule has 0 saturated carbocycles. The number of amides is 1. The first-order valence-corrected chi connectivity index (χ1v) is 6.09. The number of carboxylic acid groups (broad SMARTS) is 1. The van der Waals surface area contributed by atoms with Gasteiger partial charge in [-0.3, -0.25) is 9.59 Å². The summed E-state index contributed by atoms with van der Waals surface area (Å²) < 4.78 is 4.84. The summed E-state index contributed by atoms with van der Waals surface area (Å²) in [5.41, 5.74) is 1.68. The molecule has 6 heteroatoms. The fraction of sp³-hybridized carbons (Fsp3) is 0.214. The van der Waals surface area contributed by atoms with Crippen LogP contribution in [-0.4, -0.2) is 28.7 Å². The predicted octanol–water partition coefficient (Wildman–Crippen LogP) is 2.10. The van der Waals surface area contributed by atoms with Crippen molar-refractivity contribution in [1.82, 2.24) is 5.16 Å². The smallest absolute Gasteiger partial charge is 0.305 e. The number of aliphatic carboxylic acids is 1. The average molecular weight is 274 g/mol. The summed E-state index contributed by atoms with van der Waals surface area (Å²) in [7, 11) is 0. The molecule has 1 amide bonds. The molecule has 0 fully saturated rings. The Morgan fingerprint density at radius 3 is 2.50 bits per heavy atom. The van der Waals surface area contributed by atoms with Crippen LogP contribution in [0.1, 0.15) is 22.5 Å². The van der Waals surface area contributed by atoms with E-state index in [4.69, 9.17) is 9.63 Å². The van der Waals surface area contributed by atoms with Crippen LogP contribution < -0.4 is 4.90 Å². The normalized spacial score (nSPS) is 10.2. The summed E-state index contributed by atoms with van der Waals surface area (Å²) >= 11 is 0. The highest BCUT2D eigenvalue weighted by molar-refractivity contribution is 6.04. The number of hydrogen-bond donors (Lipinski definition) is 1. The van der Waals surface area contributed by atoms with E-state index in [0.29, 0.717) is 5.69 Å². The SMILES string of the molecule is Cc1ccc(N(CCC(=O)O)C(=O)c2ccno2)cc1. The number of nitrogens with zero attached hydrogens (tertiary/aromatic N) is 2. The quantitative estimate of drug-likeness (QED) is 0.902. The van der Waals surface area contributed by atoms with Gasteiger partial charge in [0.2, 0.25) is 5.76 Å². The second-order valence-corrected chi connectivity index (χ2v) is 4.31. The van der Waals surface area contributed by atoms with Crippen molar-refractivity contribution >= 4 is 17.6 Å². The molecular weight excluding hydrogens is 260 g/mol. The molecule has 0 spiro atoms. The number of rotatable bonds is 5. The number of hydrogen-bond acceptors (Lipinski definition) is 4. The van der Waals surface area contributed by atoms with E-state index >= 15 is 0 Å². The molecule has 0 saturated heterocycles. The molecule has 0 aliphatic rings. The number of anilines is 1. The Morgan fingerprint density at radius 1 is 1.25 bits per heavy atom. The zero-order chi connectivity index (χ0) is 14.5. The van der Waals surface area contributed by atoms with Crippen LogP contribution in [0.5, 0.6) is 0 Å². The van der Waals surface area contributed by atoms with E-state index in [9.17, 15) is 9.59 Å². The number of benzene rings is 1. The molecule has 0 radical (unpaired) electrons. The fourth-order valence-electron chi connectivity index (χ4n) is 1.74. The third-order valence-corrected chi connectivity index (χ3v) is 2.79. The van der Waals surface area contributed by atoms with E-state index in [0.717, 1.165) is 5.56 Å². The molecule has 0 atom stereocenters. The van der Waals surface area contributed by atoms with Gasteiger partial charge in [0.1, 0.15) is 0 Å². The lowest BCUT2D eigenvalue weighted by Crippen LogP contribution is -2.32. The number of aryl methyl sites for hydroxylation is 1. The minimum atomic E-state index is -0.965. The summed E-state index contributed by atoms with van der Waals surface area (Å²) in [6.07, 6.45) is 1.23. The molecule has 1 N–H and O–H groups in total. The summed E-state index contributed by atoms with van der Waals surface area (Å²) in [6.45, 7) is 2.00. The Kier molecular flexibility index (Phi) is 4.14. The van der Waals surface area contributed by atoms with E-state index < -0.39 is 11.9 Å². The zero-order valence-corrected chi connectivity index (χ0v) is 10.9. The van der Waals surface area contributed by atoms with Crippen molar-refractivity contribution in [2.24, 2.45) is 0 Å². The van der Waals surface area contributed by atoms with Crippen molar-refractivity contribution in [3.8, 4) is 0 Å². The highest BCUT2D eigenvalue weighted by atomic mass is 16.5. The van der Waals surface area contributed by atoms with Crippen LogP contribution >= 0.6 is 0 Å². The average Bonchev–Trinajstić information content (AvgIpc) is 2.94. The first kappa shape index (κ1) is 13.8. The number of carbonyl (C=O) groups excluding carboxylic acids is 1. The Morgan fingerprint density at radius 2 is 1.95 bits per heavy atom. The van der Waals surface area contributed by atoms with Crippen molar-refractivity contribution in [1.29, 1.82) is 0 Å². The van der Waals surface area contributed by atoms with Crippen LogP contribution in [0.2, 0.25) is 0 Å². The Bertz CT molecular complexity index is 590. The lowest BCUT2D eigenvalue weighted by atomic mass is 10.2. The standard InChI is InChI=1S/C14H14N2O4/c1-10-2-4-11(5-3-10)16(9-7-13(17)18)14(19)12-6-8-15-20-12/h2-6,8H,7,9H2,1H3,(H,17,18). The van der Waals surface area contributed by atoms with Crippen molar-refractivity contribution in [2.75, 3.05) is 11.4 Å². The molecule has 1 aromatic heterocycles. The molecule has 1 aromatic carbocycles. The molecule has 1 heterocycles. The molecule has 2 rings (SSSR count). The van der Waals surface area contributed by atoms with Gasteiger partial charge in [-0.15, -0.1) is 0 Å². The fourth-order valence-corrected chi connectivity index (χ4v) is 1.74. The molecule has 0 bridgehead atoms. The summed E-state index contributed by atoms with van der Waals surface area (Å²) in [5, 5.41) is 12.3. The topological polar surface area (TPSA) is 83.6 Å². The number of aromatic nitrogens is 1. The van der Waals surface area contributed by atoms with Crippen LogP contribution in [-0.2, 0) is 4.79 Å². The largest absolute Gasteiger partial charge is 0.481 e. The minimum absolute atomic E-state index is 0.0674. The molecule has 0 unspecified atom stereocenters. The van der Waals surface area contributed by atoms with E-state index in [1.807, 2.05) is 19.1 Å². The molecule has 0 aliphatic carbocycles. The van der Waals surface area contributed by atoms with Gasteiger partial charge in [-0.2, -0.15) is 0 Å². The first-order chi connectivity index (χ1) is 9.58. The maximum absolute atomic E-state index is 12.3. The maximum atomic E-state index is 12.3. The van der Waals surface area contributed by atoms with Gasteiger partial charge in [0, 0.05) is 18.3 Å². The Labute approximate surface area is 115 Å². The molecule has 104 valence electrons. The van der Waals surface area contributed by atoms with Gasteiger partial charge in [-0.1, -0.05) is 22.9 Å². The zero-order valence-electron chi connectivity index (χ0n) is 10.9. The third-order valence-electron chi connectivity index (χ3n) is 2.79. The maximum Gasteiger partial charge on any atom is 0.305 e. The molecule has 20 heavy (non-hydrogen) atoms. The van der Waals surface area contributed by atoms with Crippen molar-refractivity contribution < 1.29 is 19.2 Å². The third kappa shape index (κ3) is 3.23. The second-order valence-electron chi connectivity index (χ2n) is 4.31. The summed E-state index contributed by atoms with van der Waals surface area (Å²) in [5.74, 6) is -1.30. The van der Waals surface area contributed by atoms with Gasteiger partial charge < -0.3 is 14.5 Å². The van der Waals surface area contributed by atoms with E-state index in [-0.39, 0.29) is 18.7 Å². The molecule has 6 nitrogen and oxygen atoms in total.